The van der Waals surface area contributed by atoms with Gasteiger partial charge in [-0.25, -0.2) is 0 Å². The average Bonchev–Trinajstić information content (AvgIpc) is 2.37. The van der Waals surface area contributed by atoms with E-state index in [1.807, 2.05) is 37.3 Å². The van der Waals surface area contributed by atoms with Gasteiger partial charge >= 0.3 is 0 Å². The summed E-state index contributed by atoms with van der Waals surface area (Å²) in [5.74, 6) is 0.705. The Hall–Kier alpha value is -1.22. The van der Waals surface area contributed by atoms with Crippen LogP contribution in [0.5, 0.6) is 5.75 Å². The first-order valence-corrected chi connectivity index (χ1v) is 6.63. The minimum atomic E-state index is -0.355. The van der Waals surface area contributed by atoms with E-state index in [1.165, 1.54) is 0 Å². The van der Waals surface area contributed by atoms with E-state index >= 15 is 0 Å². The quantitative estimate of drug-likeness (QED) is 0.913. The highest BCUT2D eigenvalue weighted by Crippen LogP contribution is 2.33. The Labute approximate surface area is 123 Å². The Kier molecular flexibility index (Phi) is 4.35. The van der Waals surface area contributed by atoms with E-state index in [4.69, 9.17) is 33.7 Å². The van der Waals surface area contributed by atoms with Crippen LogP contribution in [-0.4, -0.2) is 7.11 Å². The molecule has 100 valence electrons. The summed E-state index contributed by atoms with van der Waals surface area (Å²) in [6.07, 6.45) is 0. The molecule has 2 aromatic rings. The smallest absolute Gasteiger partial charge is 0.120 e. The van der Waals surface area contributed by atoms with E-state index in [-0.39, 0.29) is 6.04 Å². The first-order valence-electron chi connectivity index (χ1n) is 5.88. The fraction of sp³-hybridized carbons (Fsp3) is 0.200. The summed E-state index contributed by atoms with van der Waals surface area (Å²) in [6.45, 7) is 1.99. The molecule has 0 spiro atoms. The van der Waals surface area contributed by atoms with Gasteiger partial charge in [0.1, 0.15) is 5.75 Å². The van der Waals surface area contributed by atoms with Crippen LogP contribution < -0.4 is 10.5 Å². The predicted octanol–water partition coefficient (Wildman–Crippen LogP) is 4.36. The zero-order chi connectivity index (χ0) is 14.0. The van der Waals surface area contributed by atoms with Crippen LogP contribution in [0.1, 0.15) is 22.7 Å². The zero-order valence-electron chi connectivity index (χ0n) is 10.8. The van der Waals surface area contributed by atoms with Gasteiger partial charge in [0.05, 0.1) is 13.2 Å². The molecule has 0 aromatic heterocycles. The predicted molar refractivity (Wildman–Crippen MR) is 80.2 cm³/mol. The lowest BCUT2D eigenvalue weighted by atomic mass is 9.98. The summed E-state index contributed by atoms with van der Waals surface area (Å²) in [7, 11) is 1.60. The van der Waals surface area contributed by atoms with Crippen LogP contribution in [0.15, 0.2) is 36.4 Å². The van der Waals surface area contributed by atoms with Crippen molar-refractivity contribution in [1.82, 2.24) is 0 Å². The molecule has 0 aliphatic heterocycles. The van der Waals surface area contributed by atoms with Gasteiger partial charge in [0.2, 0.25) is 0 Å². The van der Waals surface area contributed by atoms with E-state index in [9.17, 15) is 0 Å². The number of benzene rings is 2. The first kappa shape index (κ1) is 14.2. The van der Waals surface area contributed by atoms with E-state index in [1.54, 1.807) is 13.2 Å². The molecule has 0 heterocycles. The lowest BCUT2D eigenvalue weighted by Gasteiger charge is -2.16. The number of hydrogen-bond donors (Lipinski definition) is 1. The van der Waals surface area contributed by atoms with Crippen molar-refractivity contribution in [1.29, 1.82) is 0 Å². The molecule has 0 aliphatic rings. The van der Waals surface area contributed by atoms with E-state index in [2.05, 4.69) is 0 Å². The van der Waals surface area contributed by atoms with Crippen molar-refractivity contribution in [2.45, 2.75) is 13.0 Å². The van der Waals surface area contributed by atoms with Gasteiger partial charge in [-0.05, 0) is 41.8 Å². The number of hydrogen-bond acceptors (Lipinski definition) is 2. The molecule has 0 radical (unpaired) electrons. The maximum absolute atomic E-state index is 6.25. The Morgan fingerprint density at radius 2 is 1.58 bits per heavy atom. The third-order valence-corrected chi connectivity index (χ3v) is 3.69. The van der Waals surface area contributed by atoms with Crippen molar-refractivity contribution in [3.63, 3.8) is 0 Å². The van der Waals surface area contributed by atoms with Crippen LogP contribution in [0.3, 0.4) is 0 Å². The highest BCUT2D eigenvalue weighted by atomic mass is 35.5. The van der Waals surface area contributed by atoms with E-state index < -0.39 is 0 Å². The third kappa shape index (κ3) is 3.03. The Morgan fingerprint density at radius 1 is 1.00 bits per heavy atom. The summed E-state index contributed by atoms with van der Waals surface area (Å²) in [4.78, 5) is 0. The number of halogens is 2. The number of ether oxygens (including phenoxy) is 1. The van der Waals surface area contributed by atoms with Crippen LogP contribution in [0.2, 0.25) is 10.0 Å². The molecule has 4 heteroatoms. The van der Waals surface area contributed by atoms with Gasteiger partial charge in [-0.1, -0.05) is 41.4 Å². The Balaban J connectivity index is 2.41. The van der Waals surface area contributed by atoms with Crippen molar-refractivity contribution < 1.29 is 4.74 Å². The molecule has 2 aromatic carbocycles. The number of rotatable bonds is 3. The largest absolute Gasteiger partial charge is 0.497 e. The summed E-state index contributed by atoms with van der Waals surface area (Å²) < 4.78 is 5.12. The normalized spacial score (nSPS) is 12.3. The molecular weight excluding hydrogens is 281 g/mol. The van der Waals surface area contributed by atoms with Crippen molar-refractivity contribution >= 4 is 23.2 Å². The van der Waals surface area contributed by atoms with Crippen LogP contribution in [-0.2, 0) is 0 Å². The summed E-state index contributed by atoms with van der Waals surface area (Å²) in [5.41, 5.74) is 9.04. The van der Waals surface area contributed by atoms with Crippen molar-refractivity contribution in [2.75, 3.05) is 7.11 Å². The van der Waals surface area contributed by atoms with Gasteiger partial charge in [0.15, 0.2) is 0 Å². The molecule has 0 aliphatic carbocycles. The number of aryl methyl sites for hydroxylation is 1. The van der Waals surface area contributed by atoms with Crippen molar-refractivity contribution in [2.24, 2.45) is 5.73 Å². The molecule has 1 unspecified atom stereocenters. The van der Waals surface area contributed by atoms with E-state index in [0.717, 1.165) is 16.7 Å². The Morgan fingerprint density at radius 3 is 2.11 bits per heavy atom. The monoisotopic (exact) mass is 295 g/mol. The SMILES string of the molecule is COc1ccc(C(N)c2ccc(C)cc2Cl)c(Cl)c1. The molecule has 2 rings (SSSR count). The van der Waals surface area contributed by atoms with E-state index in [0.29, 0.717) is 15.8 Å². The molecule has 0 saturated heterocycles. The molecule has 0 fully saturated rings. The average molecular weight is 296 g/mol. The minimum Gasteiger partial charge on any atom is -0.497 e. The standard InChI is InChI=1S/C15H15Cl2NO/c1-9-3-5-11(13(16)7-9)15(18)12-6-4-10(19-2)8-14(12)17/h3-8,15H,18H2,1-2H3. The highest BCUT2D eigenvalue weighted by molar-refractivity contribution is 6.32. The lowest BCUT2D eigenvalue weighted by Crippen LogP contribution is -2.13. The van der Waals surface area contributed by atoms with Gasteiger partial charge in [-0.2, -0.15) is 0 Å². The van der Waals surface area contributed by atoms with Gasteiger partial charge < -0.3 is 10.5 Å². The molecule has 0 bridgehead atoms. The van der Waals surface area contributed by atoms with Gasteiger partial charge in [-0.3, -0.25) is 0 Å². The zero-order valence-corrected chi connectivity index (χ0v) is 12.3. The second kappa shape index (κ2) is 5.83. The lowest BCUT2D eigenvalue weighted by molar-refractivity contribution is 0.414. The van der Waals surface area contributed by atoms with Gasteiger partial charge in [0, 0.05) is 10.0 Å². The number of nitrogens with two attached hydrogens (primary N) is 1. The molecule has 2 nitrogen and oxygen atoms in total. The van der Waals surface area contributed by atoms with Gasteiger partial charge in [0.25, 0.3) is 0 Å². The molecular formula is C15H15Cl2NO. The molecule has 2 N–H and O–H groups in total. The molecule has 1 atom stereocenters. The second-order valence-corrected chi connectivity index (χ2v) is 5.20. The minimum absolute atomic E-state index is 0.355. The Bertz CT molecular complexity index is 599. The second-order valence-electron chi connectivity index (χ2n) is 4.39. The van der Waals surface area contributed by atoms with Crippen molar-refractivity contribution in [3.05, 3.63) is 63.1 Å². The van der Waals surface area contributed by atoms with Crippen LogP contribution in [0, 0.1) is 6.92 Å². The van der Waals surface area contributed by atoms with Crippen LogP contribution in [0.4, 0.5) is 0 Å². The third-order valence-electron chi connectivity index (χ3n) is 3.03. The highest BCUT2D eigenvalue weighted by Gasteiger charge is 2.16. The maximum Gasteiger partial charge on any atom is 0.120 e. The molecule has 0 amide bonds. The topological polar surface area (TPSA) is 35.2 Å². The molecule has 19 heavy (non-hydrogen) atoms. The van der Waals surface area contributed by atoms with Crippen molar-refractivity contribution in [3.8, 4) is 5.75 Å². The fourth-order valence-corrected chi connectivity index (χ4v) is 2.58. The summed E-state index contributed by atoms with van der Waals surface area (Å²) in [6, 6.07) is 10.9. The van der Waals surface area contributed by atoms with Gasteiger partial charge in [-0.15, -0.1) is 0 Å². The number of methoxy groups -OCH3 is 1. The van der Waals surface area contributed by atoms with Crippen LogP contribution in [0.25, 0.3) is 0 Å². The molecule has 0 saturated carbocycles. The summed E-state index contributed by atoms with van der Waals surface area (Å²) in [5, 5.41) is 1.22. The fourth-order valence-electron chi connectivity index (χ4n) is 1.94. The maximum atomic E-state index is 6.25. The van der Waals surface area contributed by atoms with Crippen LogP contribution >= 0.6 is 23.2 Å². The summed E-state index contributed by atoms with van der Waals surface area (Å²) >= 11 is 12.5. The first-order chi connectivity index (χ1) is 9.02.